The van der Waals surface area contributed by atoms with E-state index in [1.165, 1.54) is 6.42 Å². The third-order valence-corrected chi connectivity index (χ3v) is 3.81. The van der Waals surface area contributed by atoms with Crippen molar-refractivity contribution in [1.82, 2.24) is 10.3 Å². The molecule has 0 bridgehead atoms. The minimum atomic E-state index is -0.457. The number of carbonyl (C=O) groups is 1. The van der Waals surface area contributed by atoms with Crippen LogP contribution in [0.1, 0.15) is 31.0 Å². The number of hydrogen-bond donors (Lipinski definition) is 2. The fourth-order valence-electron chi connectivity index (χ4n) is 2.79. The Kier molecular flexibility index (Phi) is 3.64. The number of rotatable bonds is 2. The van der Waals surface area contributed by atoms with E-state index in [-0.39, 0.29) is 0 Å². The predicted octanol–water partition coefficient (Wildman–Crippen LogP) is 2.80. The molecule has 1 heterocycles. The number of carbonyl (C=O) groups excluding carboxylic acids is 1. The molecule has 0 fully saturated rings. The maximum atomic E-state index is 11.5. The zero-order valence-electron chi connectivity index (χ0n) is 12.1. The molecule has 5 nitrogen and oxygen atoms in total. The molecule has 1 aliphatic rings. The van der Waals surface area contributed by atoms with Gasteiger partial charge in [0.25, 0.3) is 0 Å². The van der Waals surface area contributed by atoms with Crippen LogP contribution in [0.5, 0.6) is 5.75 Å². The summed E-state index contributed by atoms with van der Waals surface area (Å²) in [6.07, 6.45) is 3.84. The second-order valence-electron chi connectivity index (χ2n) is 5.26. The maximum Gasteiger partial charge on any atom is 0.412 e. The fraction of sp³-hybridized carbons (Fsp3) is 0.375. The van der Waals surface area contributed by atoms with Gasteiger partial charge in [-0.2, -0.15) is 0 Å². The molecule has 0 radical (unpaired) electrons. The molecule has 2 aromatic rings. The lowest BCUT2D eigenvalue weighted by molar-refractivity contribution is 0.201. The molecule has 21 heavy (non-hydrogen) atoms. The van der Waals surface area contributed by atoms with E-state index in [1.54, 1.807) is 12.1 Å². The lowest BCUT2D eigenvalue weighted by Crippen LogP contribution is -2.26. The first kappa shape index (κ1) is 13.7. The zero-order valence-corrected chi connectivity index (χ0v) is 12.1. The number of aromatic nitrogens is 1. The number of benzene rings is 1. The van der Waals surface area contributed by atoms with Gasteiger partial charge in [0.2, 0.25) is 0 Å². The zero-order chi connectivity index (χ0) is 14.8. The van der Waals surface area contributed by atoms with Crippen LogP contribution in [0, 0.1) is 0 Å². The summed E-state index contributed by atoms with van der Waals surface area (Å²) in [7, 11) is 0. The van der Waals surface area contributed by atoms with Crippen molar-refractivity contribution in [3.05, 3.63) is 29.5 Å². The summed E-state index contributed by atoms with van der Waals surface area (Å²) in [5, 5.41) is 3.46. The van der Waals surface area contributed by atoms with Gasteiger partial charge >= 0.3 is 6.09 Å². The van der Waals surface area contributed by atoms with Crippen LogP contribution < -0.4 is 15.8 Å². The highest BCUT2D eigenvalue weighted by Crippen LogP contribution is 2.32. The van der Waals surface area contributed by atoms with E-state index in [4.69, 9.17) is 15.5 Å². The van der Waals surface area contributed by atoms with Crippen molar-refractivity contribution >= 4 is 22.7 Å². The van der Waals surface area contributed by atoms with Gasteiger partial charge in [-0.15, -0.1) is 0 Å². The van der Waals surface area contributed by atoms with E-state index in [0.29, 0.717) is 12.3 Å². The molecular weight excluding hydrogens is 266 g/mol. The van der Waals surface area contributed by atoms with E-state index >= 15 is 0 Å². The Labute approximate surface area is 123 Å². The highest BCUT2D eigenvalue weighted by molar-refractivity contribution is 5.93. The lowest BCUT2D eigenvalue weighted by Gasteiger charge is -2.18. The molecule has 3 rings (SSSR count). The second-order valence-corrected chi connectivity index (χ2v) is 5.26. The van der Waals surface area contributed by atoms with Gasteiger partial charge in [-0.3, -0.25) is 4.98 Å². The number of anilines is 1. The number of amides is 1. The number of nitrogens with two attached hydrogens (primary N) is 1. The first-order valence-corrected chi connectivity index (χ1v) is 7.35. The minimum absolute atomic E-state index is 0.457. The number of aryl methyl sites for hydroxylation is 1. The summed E-state index contributed by atoms with van der Waals surface area (Å²) in [5.74, 6) is 0.484. The highest BCUT2D eigenvalue weighted by atomic mass is 16.5. The molecule has 0 unspecified atom stereocenters. The van der Waals surface area contributed by atoms with Crippen LogP contribution in [0.3, 0.4) is 0 Å². The van der Waals surface area contributed by atoms with Crippen LogP contribution in [0.4, 0.5) is 10.5 Å². The van der Waals surface area contributed by atoms with E-state index < -0.39 is 6.09 Å². The number of nitrogens with zero attached hydrogens (tertiary/aromatic N) is 1. The van der Waals surface area contributed by atoms with Gasteiger partial charge < -0.3 is 15.8 Å². The van der Waals surface area contributed by atoms with Gasteiger partial charge in [0.05, 0.1) is 5.52 Å². The number of ether oxygens (including phenoxy) is 1. The van der Waals surface area contributed by atoms with E-state index in [2.05, 4.69) is 5.32 Å². The third kappa shape index (κ3) is 2.63. The van der Waals surface area contributed by atoms with Crippen molar-refractivity contribution in [3.63, 3.8) is 0 Å². The Balaban J connectivity index is 2.01. The Morgan fingerprint density at radius 3 is 3.00 bits per heavy atom. The van der Waals surface area contributed by atoms with Gasteiger partial charge in [-0.25, -0.2) is 4.79 Å². The van der Waals surface area contributed by atoms with Gasteiger partial charge in [-0.05, 0) is 56.4 Å². The predicted molar refractivity (Wildman–Crippen MR) is 82.5 cm³/mol. The molecule has 0 spiro atoms. The molecule has 1 amide bonds. The summed E-state index contributed by atoms with van der Waals surface area (Å²) < 4.78 is 5.23. The molecular formula is C16H19N3O2. The summed E-state index contributed by atoms with van der Waals surface area (Å²) in [5.41, 5.74) is 10.2. The average Bonchev–Trinajstić information content (AvgIpc) is 2.48. The van der Waals surface area contributed by atoms with Crippen molar-refractivity contribution in [1.29, 1.82) is 0 Å². The second kappa shape index (κ2) is 5.60. The first-order valence-electron chi connectivity index (χ1n) is 7.35. The Hall–Kier alpha value is -2.30. The first-order chi connectivity index (χ1) is 10.2. The van der Waals surface area contributed by atoms with Gasteiger partial charge in [0, 0.05) is 23.3 Å². The molecule has 0 saturated heterocycles. The number of nitrogens with one attached hydrogen (secondary N) is 1. The number of nitrogen functional groups attached to an aromatic ring is 1. The van der Waals surface area contributed by atoms with Crippen molar-refractivity contribution in [2.45, 2.75) is 32.6 Å². The molecule has 1 aromatic heterocycles. The fourth-order valence-corrected chi connectivity index (χ4v) is 2.79. The third-order valence-electron chi connectivity index (χ3n) is 3.81. The van der Waals surface area contributed by atoms with Crippen LogP contribution >= 0.6 is 0 Å². The number of pyridine rings is 1. The minimum Gasteiger partial charge on any atom is -0.410 e. The van der Waals surface area contributed by atoms with E-state index in [1.807, 2.05) is 13.0 Å². The van der Waals surface area contributed by atoms with E-state index in [9.17, 15) is 4.79 Å². The SMILES string of the molecule is CCNC(=O)Oc1ccc2nc3c(c(N)c2c1)CCCC3. The molecule has 0 saturated carbocycles. The largest absolute Gasteiger partial charge is 0.412 e. The topological polar surface area (TPSA) is 77.2 Å². The average molecular weight is 285 g/mol. The van der Waals surface area contributed by atoms with Crippen LogP contribution in [0.25, 0.3) is 10.9 Å². The molecule has 5 heteroatoms. The molecule has 0 aliphatic heterocycles. The Morgan fingerprint density at radius 1 is 1.38 bits per heavy atom. The number of hydrogen-bond acceptors (Lipinski definition) is 4. The standard InChI is InChI=1S/C16H19N3O2/c1-2-18-16(20)21-10-7-8-14-12(9-10)15(17)11-5-3-4-6-13(11)19-14/h7-9H,2-6H2,1H3,(H2,17,19)(H,18,20). The highest BCUT2D eigenvalue weighted by Gasteiger charge is 2.17. The van der Waals surface area contributed by atoms with Crippen molar-refractivity contribution < 1.29 is 9.53 Å². The number of fused-ring (bicyclic) bond motifs is 2. The molecule has 1 aromatic carbocycles. The summed E-state index contributed by atoms with van der Waals surface area (Å²) in [6.45, 7) is 2.37. The monoisotopic (exact) mass is 285 g/mol. The lowest BCUT2D eigenvalue weighted by atomic mass is 9.93. The normalized spacial score (nSPS) is 13.8. The summed E-state index contributed by atoms with van der Waals surface area (Å²) in [6, 6.07) is 5.40. The molecule has 1 aliphatic carbocycles. The van der Waals surface area contributed by atoms with Crippen molar-refractivity contribution in [3.8, 4) is 5.75 Å². The molecule has 0 atom stereocenters. The smallest absolute Gasteiger partial charge is 0.410 e. The van der Waals surface area contributed by atoms with Crippen molar-refractivity contribution in [2.24, 2.45) is 0 Å². The van der Waals surface area contributed by atoms with Crippen LogP contribution in [-0.4, -0.2) is 17.6 Å². The van der Waals surface area contributed by atoms with Crippen LogP contribution in [-0.2, 0) is 12.8 Å². The Morgan fingerprint density at radius 2 is 2.19 bits per heavy atom. The van der Waals surface area contributed by atoms with Gasteiger partial charge in [0.15, 0.2) is 0 Å². The van der Waals surface area contributed by atoms with Crippen LogP contribution in [0.15, 0.2) is 18.2 Å². The van der Waals surface area contributed by atoms with Crippen LogP contribution in [0.2, 0.25) is 0 Å². The van der Waals surface area contributed by atoms with E-state index in [0.717, 1.165) is 47.1 Å². The van der Waals surface area contributed by atoms with Crippen molar-refractivity contribution in [2.75, 3.05) is 12.3 Å². The molecule has 3 N–H and O–H groups in total. The quantitative estimate of drug-likeness (QED) is 0.889. The van der Waals surface area contributed by atoms with Gasteiger partial charge in [0.1, 0.15) is 5.75 Å². The summed E-state index contributed by atoms with van der Waals surface area (Å²) >= 11 is 0. The Bertz CT molecular complexity index is 697. The maximum absolute atomic E-state index is 11.5. The van der Waals surface area contributed by atoms with Gasteiger partial charge in [-0.1, -0.05) is 0 Å². The summed E-state index contributed by atoms with van der Waals surface area (Å²) in [4.78, 5) is 16.2. The molecule has 110 valence electrons.